The van der Waals surface area contributed by atoms with Crippen molar-refractivity contribution in [3.8, 4) is 0 Å². The number of hydrogen-bond donors (Lipinski definition) is 2. The highest BCUT2D eigenvalue weighted by Gasteiger charge is 2.29. The zero-order valence-electron chi connectivity index (χ0n) is 17.8. The number of benzene rings is 1. The number of hydrogen-bond acceptors (Lipinski definition) is 8. The van der Waals surface area contributed by atoms with Crippen molar-refractivity contribution in [3.63, 3.8) is 0 Å². The SMILES string of the molecule is CCOC(=O)c1c(N[C@@H](NC(=O)c2ccccc2)C(=O)c2cccs2)sc(C(C)=O)c1C. The lowest BCUT2D eigenvalue weighted by molar-refractivity contribution is 0.0526. The molecule has 3 aromatic rings. The first-order chi connectivity index (χ1) is 15.3. The monoisotopic (exact) mass is 470 g/mol. The summed E-state index contributed by atoms with van der Waals surface area (Å²) in [6.45, 7) is 4.90. The minimum Gasteiger partial charge on any atom is -0.462 e. The number of ketones is 2. The fourth-order valence-corrected chi connectivity index (χ4v) is 4.88. The van der Waals surface area contributed by atoms with E-state index in [2.05, 4.69) is 10.6 Å². The third-order valence-corrected chi connectivity index (χ3v) is 6.77. The third-order valence-electron chi connectivity index (χ3n) is 4.56. The average Bonchev–Trinajstić information content (AvgIpc) is 3.42. The summed E-state index contributed by atoms with van der Waals surface area (Å²) in [4.78, 5) is 51.4. The van der Waals surface area contributed by atoms with Gasteiger partial charge >= 0.3 is 5.97 Å². The Morgan fingerprint density at radius 1 is 1.06 bits per heavy atom. The van der Waals surface area contributed by atoms with E-state index in [4.69, 9.17) is 4.74 Å². The maximum atomic E-state index is 13.2. The summed E-state index contributed by atoms with van der Waals surface area (Å²) in [6.07, 6.45) is -1.16. The van der Waals surface area contributed by atoms with E-state index in [0.717, 1.165) is 11.3 Å². The first-order valence-electron chi connectivity index (χ1n) is 9.85. The van der Waals surface area contributed by atoms with Gasteiger partial charge in [-0.15, -0.1) is 22.7 Å². The van der Waals surface area contributed by atoms with Crippen molar-refractivity contribution < 1.29 is 23.9 Å². The molecule has 0 unspecified atom stereocenters. The van der Waals surface area contributed by atoms with Crippen molar-refractivity contribution in [2.24, 2.45) is 0 Å². The molecule has 166 valence electrons. The summed E-state index contributed by atoms with van der Waals surface area (Å²) in [5.74, 6) is -1.63. The molecule has 3 rings (SSSR count). The lowest BCUT2D eigenvalue weighted by Gasteiger charge is -2.20. The van der Waals surface area contributed by atoms with Crippen LogP contribution in [-0.4, -0.2) is 36.2 Å². The Bertz CT molecular complexity index is 1140. The number of rotatable bonds is 9. The average molecular weight is 471 g/mol. The Kier molecular flexibility index (Phi) is 7.55. The topological polar surface area (TPSA) is 102 Å². The van der Waals surface area contributed by atoms with Gasteiger partial charge in [-0.3, -0.25) is 14.4 Å². The molecule has 2 aromatic heterocycles. The van der Waals surface area contributed by atoms with Crippen LogP contribution in [0.15, 0.2) is 47.8 Å². The van der Waals surface area contributed by atoms with E-state index in [1.807, 2.05) is 0 Å². The van der Waals surface area contributed by atoms with Crippen LogP contribution in [0.25, 0.3) is 0 Å². The van der Waals surface area contributed by atoms with E-state index in [1.54, 1.807) is 61.7 Å². The highest BCUT2D eigenvalue weighted by Crippen LogP contribution is 2.34. The fourth-order valence-electron chi connectivity index (χ4n) is 3.06. The summed E-state index contributed by atoms with van der Waals surface area (Å²) in [5.41, 5.74) is 1.04. The van der Waals surface area contributed by atoms with Crippen LogP contribution in [0.2, 0.25) is 0 Å². The van der Waals surface area contributed by atoms with E-state index in [1.165, 1.54) is 18.3 Å². The van der Waals surface area contributed by atoms with Crippen molar-refractivity contribution in [1.29, 1.82) is 0 Å². The minimum absolute atomic E-state index is 0.158. The van der Waals surface area contributed by atoms with E-state index in [9.17, 15) is 19.2 Å². The number of carbonyl (C=O) groups excluding carboxylic acids is 4. The smallest absolute Gasteiger partial charge is 0.341 e. The lowest BCUT2D eigenvalue weighted by Crippen LogP contribution is -2.46. The summed E-state index contributed by atoms with van der Waals surface area (Å²) in [5, 5.41) is 7.73. The first kappa shape index (κ1) is 23.4. The molecule has 32 heavy (non-hydrogen) atoms. The number of esters is 1. The Morgan fingerprint density at radius 2 is 1.78 bits per heavy atom. The van der Waals surface area contributed by atoms with E-state index in [0.29, 0.717) is 20.9 Å². The van der Waals surface area contributed by atoms with Crippen molar-refractivity contribution in [3.05, 3.63) is 74.3 Å². The number of nitrogens with one attached hydrogen (secondary N) is 2. The van der Waals surface area contributed by atoms with Crippen molar-refractivity contribution in [2.75, 3.05) is 11.9 Å². The predicted molar refractivity (Wildman–Crippen MR) is 125 cm³/mol. The molecule has 9 heteroatoms. The highest BCUT2D eigenvalue weighted by atomic mass is 32.1. The molecule has 0 bridgehead atoms. The number of carbonyl (C=O) groups is 4. The quantitative estimate of drug-likeness (QED) is 0.270. The zero-order chi connectivity index (χ0) is 23.3. The Labute approximate surface area is 193 Å². The molecular formula is C23H22N2O5S2. The maximum absolute atomic E-state index is 13.2. The van der Waals surface area contributed by atoms with Gasteiger partial charge in [-0.25, -0.2) is 4.79 Å². The molecule has 0 aliphatic heterocycles. The fraction of sp³-hybridized carbons (Fsp3) is 0.217. The Balaban J connectivity index is 1.99. The van der Waals surface area contributed by atoms with Gasteiger partial charge < -0.3 is 15.4 Å². The van der Waals surface area contributed by atoms with Gasteiger partial charge in [0.05, 0.1) is 21.9 Å². The number of ether oxygens (including phenoxy) is 1. The third kappa shape index (κ3) is 5.12. The standard InChI is InChI=1S/C23H22N2O5S2/c1-4-30-23(29)17-13(2)19(14(3)26)32-22(17)25-20(18(27)16-11-8-12-31-16)24-21(28)15-9-6-5-7-10-15/h5-12,20,25H,4H2,1-3H3,(H,24,28)/t20-/m1/s1. The molecule has 0 radical (unpaired) electrons. The van der Waals surface area contributed by atoms with Gasteiger partial charge in [0.15, 0.2) is 11.9 Å². The molecule has 1 aromatic carbocycles. The molecule has 0 aliphatic carbocycles. The van der Waals surface area contributed by atoms with Crippen LogP contribution >= 0.6 is 22.7 Å². The second-order valence-electron chi connectivity index (χ2n) is 6.80. The van der Waals surface area contributed by atoms with E-state index >= 15 is 0 Å². The van der Waals surface area contributed by atoms with Gasteiger partial charge in [0.25, 0.3) is 5.91 Å². The van der Waals surface area contributed by atoms with Crippen molar-refractivity contribution in [1.82, 2.24) is 5.32 Å². The molecule has 1 atom stereocenters. The normalized spacial score (nSPS) is 11.5. The summed E-state index contributed by atoms with van der Waals surface area (Å²) in [7, 11) is 0. The molecule has 2 N–H and O–H groups in total. The van der Waals surface area contributed by atoms with Gasteiger partial charge in [-0.05, 0) is 49.9 Å². The second-order valence-corrected chi connectivity index (χ2v) is 8.76. The van der Waals surface area contributed by atoms with Gasteiger partial charge in [-0.1, -0.05) is 24.3 Å². The molecule has 0 aliphatic rings. The van der Waals surface area contributed by atoms with Crippen LogP contribution in [0, 0.1) is 6.92 Å². The van der Waals surface area contributed by atoms with Crippen molar-refractivity contribution in [2.45, 2.75) is 26.9 Å². The molecule has 0 saturated heterocycles. The molecule has 1 amide bonds. The molecule has 2 heterocycles. The summed E-state index contributed by atoms with van der Waals surface area (Å²) in [6, 6.07) is 11.9. The molecule has 0 saturated carbocycles. The van der Waals surface area contributed by atoms with Gasteiger partial charge in [0.2, 0.25) is 5.78 Å². The minimum atomic E-state index is -1.16. The highest BCUT2D eigenvalue weighted by molar-refractivity contribution is 7.18. The van der Waals surface area contributed by atoms with Crippen LogP contribution in [-0.2, 0) is 4.74 Å². The maximum Gasteiger partial charge on any atom is 0.341 e. The number of thiophene rings is 2. The molecule has 0 spiro atoms. The molecule has 0 fully saturated rings. The van der Waals surface area contributed by atoms with Gasteiger partial charge in [0.1, 0.15) is 5.00 Å². The Hall–Kier alpha value is -3.30. The predicted octanol–water partition coefficient (Wildman–Crippen LogP) is 4.55. The Morgan fingerprint density at radius 3 is 2.38 bits per heavy atom. The second kappa shape index (κ2) is 10.3. The number of amides is 1. The molecule has 7 nitrogen and oxygen atoms in total. The van der Waals surface area contributed by atoms with Crippen molar-refractivity contribution >= 4 is 51.1 Å². The van der Waals surface area contributed by atoms with Gasteiger partial charge in [0, 0.05) is 5.56 Å². The van der Waals surface area contributed by atoms with E-state index < -0.39 is 18.0 Å². The van der Waals surface area contributed by atoms with Crippen LogP contribution in [0.3, 0.4) is 0 Å². The van der Waals surface area contributed by atoms with Crippen LogP contribution in [0.4, 0.5) is 5.00 Å². The number of anilines is 1. The number of Topliss-reactive ketones (excluding diaryl/α,β-unsaturated/α-hetero) is 2. The summed E-state index contributed by atoms with van der Waals surface area (Å²) >= 11 is 2.29. The molecular weight excluding hydrogens is 448 g/mol. The lowest BCUT2D eigenvalue weighted by atomic mass is 10.1. The first-order valence-corrected chi connectivity index (χ1v) is 11.5. The zero-order valence-corrected chi connectivity index (χ0v) is 19.4. The van der Waals surface area contributed by atoms with Gasteiger partial charge in [-0.2, -0.15) is 0 Å². The van der Waals surface area contributed by atoms with Crippen LogP contribution in [0.5, 0.6) is 0 Å². The van der Waals surface area contributed by atoms with Crippen LogP contribution in [0.1, 0.15) is 59.5 Å². The van der Waals surface area contributed by atoms with E-state index in [-0.39, 0.29) is 28.7 Å². The van der Waals surface area contributed by atoms with Crippen LogP contribution < -0.4 is 10.6 Å². The summed E-state index contributed by atoms with van der Waals surface area (Å²) < 4.78 is 5.15. The largest absolute Gasteiger partial charge is 0.462 e.